The van der Waals surface area contributed by atoms with E-state index >= 15 is 0 Å². The van der Waals surface area contributed by atoms with Crippen LogP contribution in [0.3, 0.4) is 0 Å². The largest absolute Gasteiger partial charge is 0.316 e. The Bertz CT molecular complexity index is 686. The van der Waals surface area contributed by atoms with Gasteiger partial charge in [0, 0.05) is 25.5 Å². The summed E-state index contributed by atoms with van der Waals surface area (Å²) in [6, 6.07) is 5.83. The van der Waals surface area contributed by atoms with Gasteiger partial charge in [-0.05, 0) is 30.8 Å². The number of nitrogens with one attached hydrogen (secondary N) is 2. The summed E-state index contributed by atoms with van der Waals surface area (Å²) in [5.74, 6) is -0.755. The van der Waals surface area contributed by atoms with Crippen LogP contribution < -0.4 is 10.0 Å². The average Bonchev–Trinajstić information content (AvgIpc) is 2.92. The number of hydrogen-bond acceptors (Lipinski definition) is 4. The summed E-state index contributed by atoms with van der Waals surface area (Å²) >= 11 is 0. The minimum Gasteiger partial charge on any atom is -0.316 e. The smallest absolute Gasteiger partial charge is 0.243 e. The summed E-state index contributed by atoms with van der Waals surface area (Å²) in [4.78, 5) is -0.345. The summed E-state index contributed by atoms with van der Waals surface area (Å²) in [6.07, 6.45) is 3.33. The van der Waals surface area contributed by atoms with Gasteiger partial charge in [-0.1, -0.05) is 6.07 Å². The first-order valence-corrected chi connectivity index (χ1v) is 7.91. The first kappa shape index (κ1) is 15.6. The Labute approximate surface area is 123 Å². The molecule has 6 nitrogen and oxygen atoms in total. The average molecular weight is 312 g/mol. The molecule has 0 saturated heterocycles. The van der Waals surface area contributed by atoms with E-state index in [1.807, 2.05) is 0 Å². The second-order valence-electron chi connectivity index (χ2n) is 4.46. The second kappa shape index (κ2) is 6.79. The maximum atomic E-state index is 13.9. The topological polar surface area (TPSA) is 76.0 Å². The molecule has 0 spiro atoms. The quantitative estimate of drug-likeness (QED) is 0.790. The fourth-order valence-electron chi connectivity index (χ4n) is 1.88. The van der Waals surface area contributed by atoms with Crippen molar-refractivity contribution in [3.05, 3.63) is 48.0 Å². The number of sulfonamides is 1. The molecule has 0 amide bonds. The van der Waals surface area contributed by atoms with Gasteiger partial charge in [-0.25, -0.2) is 17.5 Å². The van der Waals surface area contributed by atoms with E-state index in [9.17, 15) is 12.8 Å². The van der Waals surface area contributed by atoms with Gasteiger partial charge in [-0.2, -0.15) is 5.10 Å². The molecule has 1 aromatic carbocycles. The van der Waals surface area contributed by atoms with Crippen molar-refractivity contribution in [2.24, 2.45) is 0 Å². The van der Waals surface area contributed by atoms with Crippen molar-refractivity contribution in [1.82, 2.24) is 19.8 Å². The van der Waals surface area contributed by atoms with Gasteiger partial charge < -0.3 is 5.32 Å². The SMILES string of the molecule is CNCc1ccc(S(=O)(=O)NCCn2cccn2)c(F)c1. The third-order valence-electron chi connectivity index (χ3n) is 2.86. The van der Waals surface area contributed by atoms with Crippen LogP contribution in [0.2, 0.25) is 0 Å². The van der Waals surface area contributed by atoms with Gasteiger partial charge in [-0.3, -0.25) is 4.68 Å². The van der Waals surface area contributed by atoms with Crippen molar-refractivity contribution < 1.29 is 12.8 Å². The first-order valence-electron chi connectivity index (χ1n) is 6.43. The molecule has 0 saturated carbocycles. The lowest BCUT2D eigenvalue weighted by molar-refractivity contribution is 0.544. The monoisotopic (exact) mass is 312 g/mol. The molecule has 2 rings (SSSR count). The van der Waals surface area contributed by atoms with Crippen LogP contribution >= 0.6 is 0 Å². The third-order valence-corrected chi connectivity index (χ3v) is 4.35. The molecule has 21 heavy (non-hydrogen) atoms. The zero-order valence-corrected chi connectivity index (χ0v) is 12.4. The summed E-state index contributed by atoms with van der Waals surface area (Å²) in [5.41, 5.74) is 0.686. The Morgan fingerprint density at radius 1 is 1.38 bits per heavy atom. The molecule has 114 valence electrons. The Kier molecular flexibility index (Phi) is 5.05. The van der Waals surface area contributed by atoms with E-state index in [0.717, 1.165) is 0 Å². The van der Waals surface area contributed by atoms with Crippen molar-refractivity contribution in [2.45, 2.75) is 18.0 Å². The lowest BCUT2D eigenvalue weighted by Crippen LogP contribution is -2.28. The van der Waals surface area contributed by atoms with E-state index in [1.165, 1.54) is 12.1 Å². The maximum absolute atomic E-state index is 13.9. The molecule has 0 aliphatic heterocycles. The Morgan fingerprint density at radius 3 is 2.81 bits per heavy atom. The van der Waals surface area contributed by atoms with Gasteiger partial charge >= 0.3 is 0 Å². The van der Waals surface area contributed by atoms with Crippen molar-refractivity contribution in [1.29, 1.82) is 0 Å². The van der Waals surface area contributed by atoms with E-state index in [0.29, 0.717) is 18.7 Å². The Balaban J connectivity index is 2.04. The minimum absolute atomic E-state index is 0.141. The summed E-state index contributed by atoms with van der Waals surface area (Å²) < 4.78 is 42.0. The van der Waals surface area contributed by atoms with E-state index < -0.39 is 15.8 Å². The number of benzene rings is 1. The molecule has 1 aromatic heterocycles. The van der Waals surface area contributed by atoms with Crippen LogP contribution in [-0.2, 0) is 23.1 Å². The van der Waals surface area contributed by atoms with Gasteiger partial charge in [-0.15, -0.1) is 0 Å². The van der Waals surface area contributed by atoms with Crippen molar-refractivity contribution in [2.75, 3.05) is 13.6 Å². The van der Waals surface area contributed by atoms with Crippen molar-refractivity contribution in [3.63, 3.8) is 0 Å². The molecule has 0 atom stereocenters. The van der Waals surface area contributed by atoms with Crippen molar-refractivity contribution >= 4 is 10.0 Å². The van der Waals surface area contributed by atoms with E-state index in [-0.39, 0.29) is 11.4 Å². The van der Waals surface area contributed by atoms with E-state index in [4.69, 9.17) is 0 Å². The molecule has 1 heterocycles. The molecule has 0 aliphatic rings. The van der Waals surface area contributed by atoms with E-state index in [1.54, 1.807) is 36.3 Å². The summed E-state index contributed by atoms with van der Waals surface area (Å²) in [6.45, 7) is 0.997. The standard InChI is InChI=1S/C13H17FN4O2S/c1-15-10-11-3-4-13(12(14)9-11)21(19,20)17-6-8-18-7-2-5-16-18/h2-5,7,9,15,17H,6,8,10H2,1H3. The van der Waals surface area contributed by atoms with Gasteiger partial charge in [0.25, 0.3) is 0 Å². The zero-order chi connectivity index (χ0) is 15.3. The predicted molar refractivity (Wildman–Crippen MR) is 76.6 cm³/mol. The fraction of sp³-hybridized carbons (Fsp3) is 0.308. The fourth-order valence-corrected chi connectivity index (χ4v) is 2.96. The van der Waals surface area contributed by atoms with Gasteiger partial charge in [0.2, 0.25) is 10.0 Å². The van der Waals surface area contributed by atoms with Crippen LogP contribution in [0, 0.1) is 5.82 Å². The van der Waals surface area contributed by atoms with Crippen LogP contribution in [0.15, 0.2) is 41.6 Å². The molecule has 0 radical (unpaired) electrons. The number of halogens is 1. The number of nitrogens with zero attached hydrogens (tertiary/aromatic N) is 2. The predicted octanol–water partition coefficient (Wildman–Crippen LogP) is 0.720. The summed E-state index contributed by atoms with van der Waals surface area (Å²) in [7, 11) is -2.13. The second-order valence-corrected chi connectivity index (χ2v) is 6.20. The third kappa shape index (κ3) is 4.10. The molecule has 0 aliphatic carbocycles. The molecule has 0 fully saturated rings. The first-order chi connectivity index (χ1) is 10.0. The Hall–Kier alpha value is -1.77. The van der Waals surface area contributed by atoms with Gasteiger partial charge in [0.05, 0.1) is 6.54 Å². The molecule has 2 N–H and O–H groups in total. The highest BCUT2D eigenvalue weighted by Crippen LogP contribution is 2.15. The highest BCUT2D eigenvalue weighted by atomic mass is 32.2. The van der Waals surface area contributed by atoms with Gasteiger partial charge in [0.1, 0.15) is 10.7 Å². The van der Waals surface area contributed by atoms with Crippen LogP contribution in [0.25, 0.3) is 0 Å². The molecular formula is C13H17FN4O2S. The van der Waals surface area contributed by atoms with Gasteiger partial charge in [0.15, 0.2) is 0 Å². The van der Waals surface area contributed by atoms with Crippen molar-refractivity contribution in [3.8, 4) is 0 Å². The molecule has 8 heteroatoms. The highest BCUT2D eigenvalue weighted by molar-refractivity contribution is 7.89. The Morgan fingerprint density at radius 2 is 2.19 bits per heavy atom. The number of rotatable bonds is 7. The highest BCUT2D eigenvalue weighted by Gasteiger charge is 2.18. The van der Waals surface area contributed by atoms with Crippen LogP contribution in [0.5, 0.6) is 0 Å². The number of aromatic nitrogens is 2. The number of hydrogen-bond donors (Lipinski definition) is 2. The zero-order valence-electron chi connectivity index (χ0n) is 11.6. The maximum Gasteiger partial charge on any atom is 0.243 e. The van der Waals surface area contributed by atoms with E-state index in [2.05, 4.69) is 15.1 Å². The lowest BCUT2D eigenvalue weighted by Gasteiger charge is -2.09. The molecule has 0 bridgehead atoms. The normalized spacial score (nSPS) is 11.7. The molecule has 0 unspecified atom stereocenters. The van der Waals surface area contributed by atoms with Crippen LogP contribution in [-0.4, -0.2) is 31.8 Å². The lowest BCUT2D eigenvalue weighted by atomic mass is 10.2. The van der Waals surface area contributed by atoms with Crippen LogP contribution in [0.4, 0.5) is 4.39 Å². The van der Waals surface area contributed by atoms with Crippen LogP contribution in [0.1, 0.15) is 5.56 Å². The molecule has 2 aromatic rings. The summed E-state index contributed by atoms with van der Waals surface area (Å²) in [5, 5.41) is 6.84. The minimum atomic E-state index is -3.86. The molecular weight excluding hydrogens is 295 g/mol.